The molecule has 0 atom stereocenters. The van der Waals surface area contributed by atoms with Crippen molar-refractivity contribution in [3.63, 3.8) is 0 Å². The molecular formula is C12H12N2. The number of hydrogen-bond acceptors (Lipinski definition) is 1. The standard InChI is InChI=1S/C12H12N2/c1-11-7-9-14(13-11)10-8-12-5-3-2-4-6-12/h2-10H,1H3/b10-8-. The molecule has 0 spiro atoms. The van der Waals surface area contributed by atoms with E-state index < -0.39 is 0 Å². The van der Waals surface area contributed by atoms with Crippen LogP contribution < -0.4 is 0 Å². The van der Waals surface area contributed by atoms with Crippen molar-refractivity contribution in [2.75, 3.05) is 0 Å². The van der Waals surface area contributed by atoms with Crippen LogP contribution in [0.3, 0.4) is 0 Å². The van der Waals surface area contributed by atoms with Gasteiger partial charge in [0.15, 0.2) is 0 Å². The Morgan fingerprint density at radius 1 is 1.14 bits per heavy atom. The molecule has 0 bridgehead atoms. The maximum absolute atomic E-state index is 4.26. The van der Waals surface area contributed by atoms with Crippen LogP contribution in [0.2, 0.25) is 0 Å². The lowest BCUT2D eigenvalue weighted by Crippen LogP contribution is -1.86. The molecule has 14 heavy (non-hydrogen) atoms. The third kappa shape index (κ3) is 2.10. The number of aryl methyl sites for hydroxylation is 1. The van der Waals surface area contributed by atoms with Gasteiger partial charge in [-0.2, -0.15) is 5.10 Å². The van der Waals surface area contributed by atoms with E-state index in [1.54, 1.807) is 0 Å². The van der Waals surface area contributed by atoms with Gasteiger partial charge in [0.2, 0.25) is 0 Å². The zero-order chi connectivity index (χ0) is 9.80. The molecule has 2 rings (SSSR count). The highest BCUT2D eigenvalue weighted by atomic mass is 15.3. The predicted molar refractivity (Wildman–Crippen MR) is 58.6 cm³/mol. The van der Waals surface area contributed by atoms with Crippen LogP contribution in [-0.4, -0.2) is 9.78 Å². The lowest BCUT2D eigenvalue weighted by atomic mass is 10.2. The van der Waals surface area contributed by atoms with Crippen LogP contribution in [0.25, 0.3) is 12.3 Å². The smallest absolute Gasteiger partial charge is 0.0597 e. The first kappa shape index (κ1) is 8.75. The Morgan fingerprint density at radius 2 is 1.93 bits per heavy atom. The highest BCUT2D eigenvalue weighted by Gasteiger charge is 1.88. The summed E-state index contributed by atoms with van der Waals surface area (Å²) in [6.45, 7) is 1.98. The summed E-state index contributed by atoms with van der Waals surface area (Å²) >= 11 is 0. The molecule has 0 radical (unpaired) electrons. The summed E-state index contributed by atoms with van der Waals surface area (Å²) in [6, 6.07) is 12.2. The zero-order valence-electron chi connectivity index (χ0n) is 8.09. The summed E-state index contributed by atoms with van der Waals surface area (Å²) in [7, 11) is 0. The van der Waals surface area contributed by atoms with Crippen LogP contribution in [0, 0.1) is 6.92 Å². The monoisotopic (exact) mass is 184 g/mol. The van der Waals surface area contributed by atoms with Gasteiger partial charge in [0.05, 0.1) is 5.69 Å². The third-order valence-corrected chi connectivity index (χ3v) is 1.96. The fourth-order valence-electron chi connectivity index (χ4n) is 1.24. The van der Waals surface area contributed by atoms with Crippen molar-refractivity contribution in [1.82, 2.24) is 9.78 Å². The van der Waals surface area contributed by atoms with Crippen molar-refractivity contribution in [3.8, 4) is 0 Å². The Bertz CT molecular complexity index is 427. The number of nitrogens with zero attached hydrogens (tertiary/aromatic N) is 2. The largest absolute Gasteiger partial charge is 0.248 e. The van der Waals surface area contributed by atoms with Crippen molar-refractivity contribution >= 4 is 12.3 Å². The Hall–Kier alpha value is -1.83. The summed E-state index contributed by atoms with van der Waals surface area (Å²) < 4.78 is 1.81. The van der Waals surface area contributed by atoms with Gasteiger partial charge < -0.3 is 0 Å². The SMILES string of the molecule is Cc1ccn(/C=C\c2ccccc2)n1. The van der Waals surface area contributed by atoms with Crippen LogP contribution in [0.4, 0.5) is 0 Å². The quantitative estimate of drug-likeness (QED) is 0.701. The second-order valence-electron chi connectivity index (χ2n) is 3.16. The van der Waals surface area contributed by atoms with Gasteiger partial charge in [-0.15, -0.1) is 0 Å². The van der Waals surface area contributed by atoms with E-state index in [0.29, 0.717) is 0 Å². The van der Waals surface area contributed by atoms with Crippen LogP contribution in [0.1, 0.15) is 11.3 Å². The van der Waals surface area contributed by atoms with Crippen molar-refractivity contribution in [2.24, 2.45) is 0 Å². The Kier molecular flexibility index (Phi) is 2.45. The summed E-state index contributed by atoms with van der Waals surface area (Å²) in [5.74, 6) is 0. The lowest BCUT2D eigenvalue weighted by Gasteiger charge is -1.92. The van der Waals surface area contributed by atoms with Gasteiger partial charge in [0.1, 0.15) is 0 Å². The summed E-state index contributed by atoms with van der Waals surface area (Å²) in [6.07, 6.45) is 5.92. The van der Waals surface area contributed by atoms with E-state index >= 15 is 0 Å². The van der Waals surface area contributed by atoms with Crippen molar-refractivity contribution in [3.05, 3.63) is 53.9 Å². The molecule has 0 aliphatic heterocycles. The minimum Gasteiger partial charge on any atom is -0.248 e. The molecule has 1 heterocycles. The molecule has 2 aromatic rings. The maximum atomic E-state index is 4.26. The predicted octanol–water partition coefficient (Wildman–Crippen LogP) is 2.82. The second kappa shape index (κ2) is 3.92. The number of rotatable bonds is 2. The molecule has 0 saturated carbocycles. The highest BCUT2D eigenvalue weighted by Crippen LogP contribution is 2.02. The molecular weight excluding hydrogens is 172 g/mol. The van der Waals surface area contributed by atoms with E-state index in [-0.39, 0.29) is 0 Å². The Morgan fingerprint density at radius 3 is 2.57 bits per heavy atom. The van der Waals surface area contributed by atoms with Crippen molar-refractivity contribution in [1.29, 1.82) is 0 Å². The first-order valence-corrected chi connectivity index (χ1v) is 4.59. The molecule has 1 aromatic carbocycles. The topological polar surface area (TPSA) is 17.8 Å². The van der Waals surface area contributed by atoms with E-state index in [0.717, 1.165) is 5.69 Å². The first-order valence-electron chi connectivity index (χ1n) is 4.59. The minimum atomic E-state index is 1.03. The number of aromatic nitrogens is 2. The summed E-state index contributed by atoms with van der Waals surface area (Å²) in [5.41, 5.74) is 2.21. The van der Waals surface area contributed by atoms with E-state index in [1.807, 2.05) is 54.3 Å². The second-order valence-corrected chi connectivity index (χ2v) is 3.16. The van der Waals surface area contributed by atoms with Gasteiger partial charge in [-0.3, -0.25) is 0 Å². The molecule has 0 N–H and O–H groups in total. The molecule has 2 nitrogen and oxygen atoms in total. The molecule has 0 saturated heterocycles. The van der Waals surface area contributed by atoms with Crippen LogP contribution in [0.15, 0.2) is 42.6 Å². The average Bonchev–Trinajstić information content (AvgIpc) is 2.63. The molecule has 0 amide bonds. The molecule has 2 heteroatoms. The first-order chi connectivity index (χ1) is 6.84. The van der Waals surface area contributed by atoms with Gasteiger partial charge >= 0.3 is 0 Å². The zero-order valence-corrected chi connectivity index (χ0v) is 8.09. The minimum absolute atomic E-state index is 1.03. The lowest BCUT2D eigenvalue weighted by molar-refractivity contribution is 0.914. The number of benzene rings is 1. The summed E-state index contributed by atoms with van der Waals surface area (Å²) in [4.78, 5) is 0. The van der Waals surface area contributed by atoms with Gasteiger partial charge in [-0.1, -0.05) is 30.3 Å². The highest BCUT2D eigenvalue weighted by molar-refractivity contribution is 5.59. The maximum Gasteiger partial charge on any atom is 0.0597 e. The Balaban J connectivity index is 2.15. The van der Waals surface area contributed by atoms with Gasteiger partial charge in [0.25, 0.3) is 0 Å². The van der Waals surface area contributed by atoms with Crippen molar-refractivity contribution < 1.29 is 0 Å². The molecule has 0 aliphatic rings. The van der Waals surface area contributed by atoms with Crippen LogP contribution in [0.5, 0.6) is 0 Å². The normalized spacial score (nSPS) is 10.9. The van der Waals surface area contributed by atoms with Crippen LogP contribution in [-0.2, 0) is 0 Å². The summed E-state index contributed by atoms with van der Waals surface area (Å²) in [5, 5.41) is 4.26. The van der Waals surface area contributed by atoms with E-state index in [4.69, 9.17) is 0 Å². The molecule has 70 valence electrons. The van der Waals surface area contributed by atoms with Crippen molar-refractivity contribution in [2.45, 2.75) is 6.92 Å². The fourth-order valence-corrected chi connectivity index (χ4v) is 1.24. The Labute approximate surface area is 83.5 Å². The van der Waals surface area contributed by atoms with E-state index in [2.05, 4.69) is 17.2 Å². The van der Waals surface area contributed by atoms with E-state index in [9.17, 15) is 0 Å². The average molecular weight is 184 g/mol. The molecule has 1 aromatic heterocycles. The molecule has 0 unspecified atom stereocenters. The van der Waals surface area contributed by atoms with Gasteiger partial charge in [-0.05, 0) is 24.6 Å². The van der Waals surface area contributed by atoms with Gasteiger partial charge in [0, 0.05) is 12.4 Å². The van der Waals surface area contributed by atoms with E-state index in [1.165, 1.54) is 5.56 Å². The van der Waals surface area contributed by atoms with Crippen LogP contribution >= 0.6 is 0 Å². The fraction of sp³-hybridized carbons (Fsp3) is 0.0833. The van der Waals surface area contributed by atoms with Gasteiger partial charge in [-0.25, -0.2) is 4.68 Å². The third-order valence-electron chi connectivity index (χ3n) is 1.96. The molecule has 0 aliphatic carbocycles. The number of hydrogen-bond donors (Lipinski definition) is 0. The molecule has 0 fully saturated rings.